The molecule has 142 valence electrons. The average Bonchev–Trinajstić information content (AvgIpc) is 3.40. The minimum Gasteiger partial charge on any atom is -0.489 e. The molecule has 6 nitrogen and oxygen atoms in total. The quantitative estimate of drug-likeness (QED) is 0.405. The van der Waals surface area contributed by atoms with Crippen molar-refractivity contribution >= 4 is 33.5 Å². The van der Waals surface area contributed by atoms with E-state index in [0.717, 1.165) is 33.2 Å². The molecular formula is C23H18N4O2. The number of nitrogens with zero attached hydrogens (tertiary/aromatic N) is 1. The van der Waals surface area contributed by atoms with Crippen molar-refractivity contribution in [3.63, 3.8) is 0 Å². The van der Waals surface area contributed by atoms with Gasteiger partial charge >= 0.3 is 0 Å². The fraction of sp³-hybridized carbons (Fsp3) is 0.0435. The summed E-state index contributed by atoms with van der Waals surface area (Å²) in [6.07, 6.45) is 1.61. The van der Waals surface area contributed by atoms with Gasteiger partial charge in [0, 0.05) is 17.0 Å². The van der Waals surface area contributed by atoms with Gasteiger partial charge in [-0.25, -0.2) is 4.98 Å². The fourth-order valence-corrected chi connectivity index (χ4v) is 3.32. The Morgan fingerprint density at radius 2 is 1.86 bits per heavy atom. The van der Waals surface area contributed by atoms with Gasteiger partial charge in [-0.2, -0.15) is 0 Å². The van der Waals surface area contributed by atoms with Gasteiger partial charge in [0.25, 0.3) is 5.91 Å². The molecule has 2 aromatic heterocycles. The van der Waals surface area contributed by atoms with E-state index in [0.29, 0.717) is 18.0 Å². The Hall–Kier alpha value is -4.06. The standard InChI is InChI=1S/C23H18N4O2/c28-23(27-19-8-4-7-18-22(19)25-14-24-18)21-11-16-9-10-17(12-20(16)26-21)29-13-15-5-2-1-3-6-15/h1-12,14,26H,13H2,(H,24,25)(H,27,28). The number of rotatable bonds is 5. The summed E-state index contributed by atoms with van der Waals surface area (Å²) in [4.78, 5) is 23.2. The van der Waals surface area contributed by atoms with E-state index >= 15 is 0 Å². The summed E-state index contributed by atoms with van der Waals surface area (Å²) in [5.74, 6) is 0.528. The zero-order valence-electron chi connectivity index (χ0n) is 15.5. The summed E-state index contributed by atoms with van der Waals surface area (Å²) in [5.41, 5.74) is 4.70. The normalized spacial score (nSPS) is 11.0. The molecule has 5 aromatic rings. The first-order valence-electron chi connectivity index (χ1n) is 9.29. The summed E-state index contributed by atoms with van der Waals surface area (Å²) < 4.78 is 5.87. The maximum Gasteiger partial charge on any atom is 0.272 e. The van der Waals surface area contributed by atoms with E-state index in [2.05, 4.69) is 20.3 Å². The number of anilines is 1. The molecule has 3 aromatic carbocycles. The first-order valence-corrected chi connectivity index (χ1v) is 9.29. The summed E-state index contributed by atoms with van der Waals surface area (Å²) in [7, 11) is 0. The number of carbonyl (C=O) groups is 1. The fourth-order valence-electron chi connectivity index (χ4n) is 3.32. The maximum absolute atomic E-state index is 12.7. The lowest BCUT2D eigenvalue weighted by molar-refractivity contribution is 0.102. The number of para-hydroxylation sites is 1. The number of H-pyrrole nitrogens is 2. The highest BCUT2D eigenvalue weighted by Crippen LogP contribution is 2.24. The molecule has 0 radical (unpaired) electrons. The lowest BCUT2D eigenvalue weighted by Gasteiger charge is -2.06. The molecule has 0 saturated heterocycles. The topological polar surface area (TPSA) is 82.8 Å². The van der Waals surface area contributed by atoms with Gasteiger partial charge in [-0.3, -0.25) is 4.79 Å². The summed E-state index contributed by atoms with van der Waals surface area (Å²) in [6, 6.07) is 23.2. The largest absolute Gasteiger partial charge is 0.489 e. The number of aromatic nitrogens is 3. The molecule has 0 unspecified atom stereocenters. The van der Waals surface area contributed by atoms with Crippen molar-refractivity contribution < 1.29 is 9.53 Å². The Bertz CT molecular complexity index is 1300. The third-order valence-electron chi connectivity index (χ3n) is 4.78. The molecule has 29 heavy (non-hydrogen) atoms. The SMILES string of the molecule is O=C(Nc1cccc2[nH]cnc12)c1cc2ccc(OCc3ccccc3)cc2[nH]1. The molecule has 0 aliphatic carbocycles. The summed E-state index contributed by atoms with van der Waals surface area (Å²) >= 11 is 0. The van der Waals surface area contributed by atoms with Crippen LogP contribution in [0.15, 0.2) is 79.1 Å². The molecule has 0 aliphatic heterocycles. The van der Waals surface area contributed by atoms with Crippen LogP contribution in [0, 0.1) is 0 Å². The number of benzene rings is 3. The van der Waals surface area contributed by atoms with Crippen LogP contribution >= 0.6 is 0 Å². The Kier molecular flexibility index (Phi) is 4.22. The lowest BCUT2D eigenvalue weighted by Crippen LogP contribution is -2.12. The molecule has 0 atom stereocenters. The molecule has 1 amide bonds. The van der Waals surface area contributed by atoms with E-state index in [-0.39, 0.29) is 5.91 Å². The van der Waals surface area contributed by atoms with Crippen molar-refractivity contribution in [3.05, 3.63) is 90.4 Å². The van der Waals surface area contributed by atoms with Crippen LogP contribution in [0.4, 0.5) is 5.69 Å². The van der Waals surface area contributed by atoms with Crippen molar-refractivity contribution in [1.82, 2.24) is 15.0 Å². The maximum atomic E-state index is 12.7. The Balaban J connectivity index is 1.35. The van der Waals surface area contributed by atoms with Crippen molar-refractivity contribution in [2.45, 2.75) is 6.61 Å². The van der Waals surface area contributed by atoms with Crippen LogP contribution in [0.1, 0.15) is 16.1 Å². The molecule has 0 saturated carbocycles. The van der Waals surface area contributed by atoms with Crippen molar-refractivity contribution in [2.24, 2.45) is 0 Å². The van der Waals surface area contributed by atoms with Gasteiger partial charge in [-0.15, -0.1) is 0 Å². The van der Waals surface area contributed by atoms with E-state index in [1.54, 1.807) is 6.33 Å². The first kappa shape index (κ1) is 17.1. The van der Waals surface area contributed by atoms with Crippen LogP contribution in [0.5, 0.6) is 5.75 Å². The number of imidazole rings is 1. The van der Waals surface area contributed by atoms with Crippen LogP contribution in [0.3, 0.4) is 0 Å². The highest BCUT2D eigenvalue weighted by molar-refractivity contribution is 6.09. The number of amides is 1. The number of aromatic amines is 2. The second-order valence-corrected chi connectivity index (χ2v) is 6.76. The zero-order chi connectivity index (χ0) is 19.6. The van der Waals surface area contributed by atoms with Gasteiger partial charge < -0.3 is 20.0 Å². The summed E-state index contributed by atoms with van der Waals surface area (Å²) in [6.45, 7) is 0.494. The van der Waals surface area contributed by atoms with Crippen molar-refractivity contribution in [3.8, 4) is 5.75 Å². The van der Waals surface area contributed by atoms with E-state index in [1.165, 1.54) is 0 Å². The van der Waals surface area contributed by atoms with Crippen LogP contribution in [0.25, 0.3) is 21.9 Å². The predicted octanol–water partition coefficient (Wildman–Crippen LogP) is 4.88. The molecule has 5 rings (SSSR count). The van der Waals surface area contributed by atoms with E-state index in [1.807, 2.05) is 72.8 Å². The molecule has 0 fully saturated rings. The number of ether oxygens (including phenoxy) is 1. The molecule has 2 heterocycles. The monoisotopic (exact) mass is 382 g/mol. The molecule has 3 N–H and O–H groups in total. The van der Waals surface area contributed by atoms with Crippen LogP contribution < -0.4 is 10.1 Å². The molecule has 6 heteroatoms. The number of fused-ring (bicyclic) bond motifs is 2. The van der Waals surface area contributed by atoms with Crippen LogP contribution in [-0.4, -0.2) is 20.9 Å². The second-order valence-electron chi connectivity index (χ2n) is 6.76. The number of nitrogens with one attached hydrogen (secondary N) is 3. The van der Waals surface area contributed by atoms with Gasteiger partial charge in [-0.05, 0) is 35.9 Å². The number of hydrogen-bond donors (Lipinski definition) is 3. The van der Waals surface area contributed by atoms with Gasteiger partial charge in [-0.1, -0.05) is 36.4 Å². The third-order valence-corrected chi connectivity index (χ3v) is 4.78. The Morgan fingerprint density at radius 1 is 0.966 bits per heavy atom. The lowest BCUT2D eigenvalue weighted by atomic mass is 10.2. The van der Waals surface area contributed by atoms with E-state index in [4.69, 9.17) is 4.74 Å². The third kappa shape index (κ3) is 3.43. The average molecular weight is 382 g/mol. The molecule has 0 aliphatic rings. The van der Waals surface area contributed by atoms with Gasteiger partial charge in [0.15, 0.2) is 0 Å². The second kappa shape index (κ2) is 7.16. The van der Waals surface area contributed by atoms with E-state index in [9.17, 15) is 4.79 Å². The molecule has 0 spiro atoms. The van der Waals surface area contributed by atoms with Crippen LogP contribution in [0.2, 0.25) is 0 Å². The van der Waals surface area contributed by atoms with Crippen molar-refractivity contribution in [1.29, 1.82) is 0 Å². The number of carbonyl (C=O) groups excluding carboxylic acids is 1. The molecule has 0 bridgehead atoms. The zero-order valence-corrected chi connectivity index (χ0v) is 15.5. The van der Waals surface area contributed by atoms with E-state index < -0.39 is 0 Å². The van der Waals surface area contributed by atoms with Gasteiger partial charge in [0.05, 0.1) is 17.5 Å². The smallest absolute Gasteiger partial charge is 0.272 e. The predicted molar refractivity (Wildman–Crippen MR) is 113 cm³/mol. The minimum atomic E-state index is -0.219. The Labute approximate surface area is 166 Å². The first-order chi connectivity index (χ1) is 14.3. The highest BCUT2D eigenvalue weighted by Gasteiger charge is 2.13. The van der Waals surface area contributed by atoms with Gasteiger partial charge in [0.2, 0.25) is 0 Å². The van der Waals surface area contributed by atoms with Crippen molar-refractivity contribution in [2.75, 3.05) is 5.32 Å². The Morgan fingerprint density at radius 3 is 2.76 bits per heavy atom. The molecular weight excluding hydrogens is 364 g/mol. The minimum absolute atomic E-state index is 0.219. The number of hydrogen-bond acceptors (Lipinski definition) is 3. The summed E-state index contributed by atoms with van der Waals surface area (Å²) in [5, 5.41) is 3.87. The van der Waals surface area contributed by atoms with Gasteiger partial charge in [0.1, 0.15) is 23.6 Å². The highest BCUT2D eigenvalue weighted by atomic mass is 16.5. The van der Waals surface area contributed by atoms with Crippen LogP contribution in [-0.2, 0) is 6.61 Å².